The largest absolute Gasteiger partial charge is 0.355 e. The number of amides is 1. The van der Waals surface area contributed by atoms with Crippen LogP contribution in [-0.2, 0) is 23.0 Å². The van der Waals surface area contributed by atoms with Crippen LogP contribution in [0, 0.1) is 5.92 Å². The van der Waals surface area contributed by atoms with Crippen LogP contribution in [0.1, 0.15) is 35.3 Å². The quantitative estimate of drug-likeness (QED) is 0.810. The molecule has 0 spiro atoms. The number of carbonyl (C=O) groups is 1. The molecule has 0 radical (unpaired) electrons. The molecule has 5 nitrogen and oxygen atoms in total. The Bertz CT molecular complexity index is 842. The van der Waals surface area contributed by atoms with E-state index in [0.717, 1.165) is 17.5 Å². The summed E-state index contributed by atoms with van der Waals surface area (Å²) in [5.41, 5.74) is 2.49. The van der Waals surface area contributed by atoms with Gasteiger partial charge in [0.15, 0.2) is 0 Å². The van der Waals surface area contributed by atoms with E-state index in [1.165, 1.54) is 4.31 Å². The van der Waals surface area contributed by atoms with Crippen LogP contribution in [0.25, 0.3) is 0 Å². The van der Waals surface area contributed by atoms with Crippen LogP contribution in [0.5, 0.6) is 0 Å². The van der Waals surface area contributed by atoms with Crippen molar-refractivity contribution in [1.29, 1.82) is 0 Å². The molecule has 0 atom stereocenters. The van der Waals surface area contributed by atoms with Gasteiger partial charge in [-0.25, -0.2) is 8.42 Å². The van der Waals surface area contributed by atoms with E-state index in [2.05, 4.69) is 19.2 Å². The standard InChI is InChI=1S/C20H26N2O3S/c1-15(2)13-16-7-11-19(12-8-16)26(24,25)22(4)14-17-5-9-18(10-6-17)20(23)21-3/h5-12,15H,13-14H2,1-4H3,(H,21,23). The van der Waals surface area contributed by atoms with Gasteiger partial charge in [-0.3, -0.25) is 4.79 Å². The zero-order chi connectivity index (χ0) is 19.3. The van der Waals surface area contributed by atoms with Crippen LogP contribution < -0.4 is 5.32 Å². The average molecular weight is 375 g/mol. The Morgan fingerprint density at radius 3 is 2.04 bits per heavy atom. The second-order valence-corrected chi connectivity index (χ2v) is 8.82. The third-order valence-corrected chi connectivity index (χ3v) is 5.94. The molecule has 0 unspecified atom stereocenters. The molecule has 2 aromatic rings. The summed E-state index contributed by atoms with van der Waals surface area (Å²) in [6, 6.07) is 14.0. The molecule has 0 fully saturated rings. The molecule has 2 aromatic carbocycles. The van der Waals surface area contributed by atoms with Crippen molar-refractivity contribution in [2.24, 2.45) is 5.92 Å². The highest BCUT2D eigenvalue weighted by Crippen LogP contribution is 2.19. The van der Waals surface area contributed by atoms with Crippen molar-refractivity contribution in [2.45, 2.75) is 31.7 Å². The summed E-state index contributed by atoms with van der Waals surface area (Å²) >= 11 is 0. The fraction of sp³-hybridized carbons (Fsp3) is 0.350. The van der Waals surface area contributed by atoms with Gasteiger partial charge in [-0.1, -0.05) is 38.1 Å². The molecule has 0 aromatic heterocycles. The van der Waals surface area contributed by atoms with Gasteiger partial charge >= 0.3 is 0 Å². The second kappa shape index (κ2) is 8.47. The van der Waals surface area contributed by atoms with Gasteiger partial charge in [-0.05, 0) is 47.7 Å². The third-order valence-electron chi connectivity index (χ3n) is 4.12. The molecule has 0 aliphatic heterocycles. The van der Waals surface area contributed by atoms with E-state index < -0.39 is 10.0 Å². The Morgan fingerprint density at radius 2 is 1.54 bits per heavy atom. The minimum Gasteiger partial charge on any atom is -0.355 e. The van der Waals surface area contributed by atoms with Gasteiger partial charge < -0.3 is 5.32 Å². The van der Waals surface area contributed by atoms with E-state index in [-0.39, 0.29) is 17.3 Å². The van der Waals surface area contributed by atoms with E-state index >= 15 is 0 Å². The molecule has 1 amide bonds. The molecule has 1 N–H and O–H groups in total. The molecular formula is C20H26N2O3S. The fourth-order valence-corrected chi connectivity index (χ4v) is 3.86. The molecule has 26 heavy (non-hydrogen) atoms. The summed E-state index contributed by atoms with van der Waals surface area (Å²) in [6.45, 7) is 4.51. The van der Waals surface area contributed by atoms with Crippen LogP contribution in [0.3, 0.4) is 0 Å². The van der Waals surface area contributed by atoms with Crippen molar-refractivity contribution in [3.63, 3.8) is 0 Å². The first kappa shape index (κ1) is 20.1. The van der Waals surface area contributed by atoms with Crippen LogP contribution in [0.15, 0.2) is 53.4 Å². The highest BCUT2D eigenvalue weighted by Gasteiger charge is 2.21. The number of benzene rings is 2. The molecule has 0 saturated heterocycles. The van der Waals surface area contributed by atoms with Crippen molar-refractivity contribution in [3.05, 3.63) is 65.2 Å². The van der Waals surface area contributed by atoms with Gasteiger partial charge in [0.1, 0.15) is 0 Å². The fourth-order valence-electron chi connectivity index (χ4n) is 2.70. The number of hydrogen-bond donors (Lipinski definition) is 1. The smallest absolute Gasteiger partial charge is 0.251 e. The van der Waals surface area contributed by atoms with Gasteiger partial charge in [0.05, 0.1) is 4.90 Å². The minimum atomic E-state index is -3.56. The number of carbonyl (C=O) groups excluding carboxylic acids is 1. The molecule has 6 heteroatoms. The zero-order valence-electron chi connectivity index (χ0n) is 15.7. The van der Waals surface area contributed by atoms with Crippen LogP contribution in [0.2, 0.25) is 0 Å². The molecule has 0 aliphatic carbocycles. The first-order chi connectivity index (χ1) is 12.2. The zero-order valence-corrected chi connectivity index (χ0v) is 16.5. The average Bonchev–Trinajstić information content (AvgIpc) is 2.61. The number of sulfonamides is 1. The topological polar surface area (TPSA) is 66.5 Å². The Kier molecular flexibility index (Phi) is 6.56. The van der Waals surface area contributed by atoms with Crippen molar-refractivity contribution < 1.29 is 13.2 Å². The van der Waals surface area contributed by atoms with E-state index in [4.69, 9.17) is 0 Å². The Morgan fingerprint density at radius 1 is 1.00 bits per heavy atom. The van der Waals surface area contributed by atoms with Crippen LogP contribution in [-0.4, -0.2) is 32.7 Å². The van der Waals surface area contributed by atoms with Crippen LogP contribution in [0.4, 0.5) is 0 Å². The Balaban J connectivity index is 2.12. The number of nitrogens with one attached hydrogen (secondary N) is 1. The lowest BCUT2D eigenvalue weighted by atomic mass is 10.0. The first-order valence-electron chi connectivity index (χ1n) is 8.60. The maximum absolute atomic E-state index is 12.8. The highest BCUT2D eigenvalue weighted by atomic mass is 32.2. The second-order valence-electron chi connectivity index (χ2n) is 6.78. The molecular weight excluding hydrogens is 348 g/mol. The molecule has 0 saturated carbocycles. The van der Waals surface area contributed by atoms with E-state index in [1.54, 1.807) is 50.5 Å². The van der Waals surface area contributed by atoms with Crippen LogP contribution >= 0.6 is 0 Å². The summed E-state index contributed by atoms with van der Waals surface area (Å²) in [7, 11) is -0.427. The lowest BCUT2D eigenvalue weighted by molar-refractivity contribution is 0.0963. The molecule has 0 aliphatic rings. The first-order valence-corrected chi connectivity index (χ1v) is 10.0. The number of hydrogen-bond acceptors (Lipinski definition) is 3. The van der Waals surface area contributed by atoms with Gasteiger partial charge in [0, 0.05) is 26.2 Å². The highest BCUT2D eigenvalue weighted by molar-refractivity contribution is 7.89. The normalized spacial score (nSPS) is 11.8. The molecule has 140 valence electrons. The monoisotopic (exact) mass is 374 g/mol. The summed E-state index contributed by atoms with van der Waals surface area (Å²) in [4.78, 5) is 11.9. The maximum Gasteiger partial charge on any atom is 0.251 e. The lowest BCUT2D eigenvalue weighted by Gasteiger charge is -2.18. The summed E-state index contributed by atoms with van der Waals surface area (Å²) in [6.07, 6.45) is 0.924. The Hall–Kier alpha value is -2.18. The van der Waals surface area contributed by atoms with E-state index in [0.29, 0.717) is 11.5 Å². The number of rotatable bonds is 7. The van der Waals surface area contributed by atoms with Gasteiger partial charge in [0.25, 0.3) is 5.91 Å². The van der Waals surface area contributed by atoms with Crippen molar-refractivity contribution >= 4 is 15.9 Å². The number of nitrogens with zero attached hydrogens (tertiary/aromatic N) is 1. The molecule has 2 rings (SSSR count). The third kappa shape index (κ3) is 4.93. The van der Waals surface area contributed by atoms with E-state index in [9.17, 15) is 13.2 Å². The van der Waals surface area contributed by atoms with E-state index in [1.807, 2.05) is 12.1 Å². The van der Waals surface area contributed by atoms with Crippen molar-refractivity contribution in [3.8, 4) is 0 Å². The molecule has 0 bridgehead atoms. The van der Waals surface area contributed by atoms with Crippen molar-refractivity contribution in [1.82, 2.24) is 9.62 Å². The Labute approximate surface area is 156 Å². The predicted octanol–water partition coefficient (Wildman–Crippen LogP) is 3.07. The minimum absolute atomic E-state index is 0.168. The van der Waals surface area contributed by atoms with Gasteiger partial charge in [0.2, 0.25) is 10.0 Å². The lowest BCUT2D eigenvalue weighted by Crippen LogP contribution is -2.26. The maximum atomic E-state index is 12.8. The molecule has 0 heterocycles. The SMILES string of the molecule is CNC(=O)c1ccc(CN(C)S(=O)(=O)c2ccc(CC(C)C)cc2)cc1. The summed E-state index contributed by atoms with van der Waals surface area (Å²) < 4.78 is 26.8. The predicted molar refractivity (Wildman–Crippen MR) is 103 cm³/mol. The van der Waals surface area contributed by atoms with Crippen molar-refractivity contribution in [2.75, 3.05) is 14.1 Å². The van der Waals surface area contributed by atoms with Gasteiger partial charge in [-0.15, -0.1) is 0 Å². The summed E-state index contributed by atoms with van der Waals surface area (Å²) in [5, 5.41) is 2.56. The van der Waals surface area contributed by atoms with Gasteiger partial charge in [-0.2, -0.15) is 4.31 Å². The summed E-state index contributed by atoms with van der Waals surface area (Å²) in [5.74, 6) is 0.358.